The van der Waals surface area contributed by atoms with Gasteiger partial charge in [-0.15, -0.1) is 0 Å². The second-order valence-corrected chi connectivity index (χ2v) is 11.2. The molecular formula is C30H38N4O5. The maximum absolute atomic E-state index is 12.5. The molecule has 6 atom stereocenters. The lowest BCUT2D eigenvalue weighted by atomic mass is 9.60. The number of benzene rings is 2. The molecule has 2 aromatic carbocycles. The topological polar surface area (TPSA) is 140 Å². The molecular weight excluding hydrogens is 496 g/mol. The highest BCUT2D eigenvalue weighted by atomic mass is 16.5. The second-order valence-electron chi connectivity index (χ2n) is 11.2. The van der Waals surface area contributed by atoms with E-state index in [2.05, 4.69) is 48.6 Å². The van der Waals surface area contributed by atoms with Crippen molar-refractivity contribution in [2.45, 2.75) is 52.3 Å². The minimum absolute atomic E-state index is 0. The van der Waals surface area contributed by atoms with E-state index in [1.165, 1.54) is 18.8 Å². The van der Waals surface area contributed by atoms with Crippen molar-refractivity contribution < 1.29 is 26.1 Å². The molecule has 3 fully saturated rings. The molecule has 3 saturated carbocycles. The van der Waals surface area contributed by atoms with E-state index in [0.717, 1.165) is 11.5 Å². The van der Waals surface area contributed by atoms with E-state index in [4.69, 9.17) is 5.21 Å². The minimum atomic E-state index is -1.29. The summed E-state index contributed by atoms with van der Waals surface area (Å²) in [5.74, 6) is 6.50. The standard InChI is InChI=1S/C30H36N4O5.H2/c1-17-23-15-24(30(23,3)4)26(17)31-16-25(36)32-22-13-9-20(10-14-22)6-5-19-7-11-21(12-8-19)28(37)33-27(18(2)35)29(38)34-39;/h7-14,17-18,23-24,26-27,31,35,39H,15-16H2,1-4H3,(H,32,36)(H,33,37)(H,34,38);1H/t17-,18+,23-,24?,26+,27-;/m0./s1. The molecule has 3 amide bonds. The lowest BCUT2D eigenvalue weighted by Crippen LogP contribution is -2.51. The molecule has 6 N–H and O–H groups in total. The van der Waals surface area contributed by atoms with Crippen LogP contribution < -0.4 is 21.4 Å². The van der Waals surface area contributed by atoms with Gasteiger partial charge in [-0.1, -0.05) is 32.6 Å². The van der Waals surface area contributed by atoms with Gasteiger partial charge >= 0.3 is 0 Å². The summed E-state index contributed by atoms with van der Waals surface area (Å²) in [6, 6.07) is 12.8. The fourth-order valence-corrected chi connectivity index (χ4v) is 6.04. The van der Waals surface area contributed by atoms with Crippen molar-refractivity contribution in [3.8, 4) is 11.8 Å². The van der Waals surface area contributed by atoms with Gasteiger partial charge in [-0.25, -0.2) is 5.48 Å². The van der Waals surface area contributed by atoms with Crippen molar-refractivity contribution in [3.63, 3.8) is 0 Å². The van der Waals surface area contributed by atoms with Gasteiger partial charge in [-0.3, -0.25) is 19.6 Å². The number of carbonyl (C=O) groups is 3. The number of hydrogen-bond donors (Lipinski definition) is 6. The SMILES string of the molecule is C[C@@H]1[C@@H](NCC(=O)Nc2ccc(C#Cc3ccc(C(=O)N[C@H](C(=O)NO)[C@@H](C)O)cc3)cc2)C2C[C@@H]1C2(C)C.[HH]. The van der Waals surface area contributed by atoms with Gasteiger partial charge in [-0.05, 0) is 85.0 Å². The number of fused-ring (bicyclic) bond motifs is 1. The maximum atomic E-state index is 12.5. The van der Waals surface area contributed by atoms with E-state index in [1.54, 1.807) is 24.3 Å². The van der Waals surface area contributed by atoms with Crippen LogP contribution >= 0.6 is 0 Å². The fraction of sp³-hybridized carbons (Fsp3) is 0.433. The van der Waals surface area contributed by atoms with Crippen LogP contribution in [0.1, 0.15) is 57.0 Å². The summed E-state index contributed by atoms with van der Waals surface area (Å²) in [5.41, 5.74) is 4.21. The van der Waals surface area contributed by atoms with Crippen molar-refractivity contribution in [1.82, 2.24) is 16.1 Å². The highest BCUT2D eigenvalue weighted by molar-refractivity contribution is 5.97. The molecule has 5 rings (SSSR count). The molecule has 0 saturated heterocycles. The zero-order valence-electron chi connectivity index (χ0n) is 22.6. The van der Waals surface area contributed by atoms with Crippen LogP contribution in [0.15, 0.2) is 48.5 Å². The van der Waals surface area contributed by atoms with Crippen LogP contribution in [0.4, 0.5) is 5.69 Å². The number of hydrogen-bond acceptors (Lipinski definition) is 6. The Morgan fingerprint density at radius 1 is 1.03 bits per heavy atom. The smallest absolute Gasteiger partial charge is 0.268 e. The van der Waals surface area contributed by atoms with Crippen LogP contribution in [0.3, 0.4) is 0 Å². The molecule has 9 nitrogen and oxygen atoms in total. The van der Waals surface area contributed by atoms with E-state index in [9.17, 15) is 19.5 Å². The summed E-state index contributed by atoms with van der Waals surface area (Å²) < 4.78 is 0. The molecule has 3 aliphatic carbocycles. The monoisotopic (exact) mass is 534 g/mol. The van der Waals surface area contributed by atoms with E-state index in [1.807, 2.05) is 24.3 Å². The van der Waals surface area contributed by atoms with Gasteiger partial charge < -0.3 is 21.1 Å². The first-order chi connectivity index (χ1) is 18.5. The van der Waals surface area contributed by atoms with Crippen molar-refractivity contribution in [2.75, 3.05) is 11.9 Å². The maximum Gasteiger partial charge on any atom is 0.268 e. The molecule has 208 valence electrons. The highest BCUT2D eigenvalue weighted by Crippen LogP contribution is 2.64. The number of rotatable bonds is 8. The molecule has 0 spiro atoms. The Bertz CT molecular complexity index is 1280. The number of hydroxylamine groups is 1. The molecule has 0 aromatic heterocycles. The van der Waals surface area contributed by atoms with E-state index < -0.39 is 24.0 Å². The predicted molar refractivity (Wildman–Crippen MR) is 149 cm³/mol. The Labute approximate surface area is 230 Å². The summed E-state index contributed by atoms with van der Waals surface area (Å²) in [6.45, 7) is 8.58. The van der Waals surface area contributed by atoms with Crippen molar-refractivity contribution in [3.05, 3.63) is 65.2 Å². The first-order valence-electron chi connectivity index (χ1n) is 13.2. The van der Waals surface area contributed by atoms with Crippen molar-refractivity contribution >= 4 is 23.4 Å². The Morgan fingerprint density at radius 2 is 1.62 bits per heavy atom. The van der Waals surface area contributed by atoms with E-state index >= 15 is 0 Å². The molecule has 2 aromatic rings. The van der Waals surface area contributed by atoms with Crippen LogP contribution in [0.25, 0.3) is 0 Å². The summed E-state index contributed by atoms with van der Waals surface area (Å²) in [7, 11) is 0. The van der Waals surface area contributed by atoms with Gasteiger partial charge in [-0.2, -0.15) is 0 Å². The number of carbonyl (C=O) groups excluding carboxylic acids is 3. The largest absolute Gasteiger partial charge is 0.391 e. The lowest BCUT2D eigenvalue weighted by molar-refractivity contribution is -0.133. The molecule has 0 radical (unpaired) electrons. The first kappa shape index (κ1) is 28.3. The van der Waals surface area contributed by atoms with Crippen LogP contribution in [0.5, 0.6) is 0 Å². The first-order valence-corrected chi connectivity index (χ1v) is 13.2. The third kappa shape index (κ3) is 6.14. The van der Waals surface area contributed by atoms with Gasteiger partial charge in [0.15, 0.2) is 0 Å². The average molecular weight is 535 g/mol. The van der Waals surface area contributed by atoms with E-state index in [-0.39, 0.29) is 19.4 Å². The van der Waals surface area contributed by atoms with E-state index in [0.29, 0.717) is 34.5 Å². The quantitative estimate of drug-likeness (QED) is 0.175. The van der Waals surface area contributed by atoms with Crippen molar-refractivity contribution in [1.29, 1.82) is 0 Å². The van der Waals surface area contributed by atoms with Gasteiger partial charge in [0.1, 0.15) is 6.04 Å². The molecule has 3 aliphatic rings. The molecule has 39 heavy (non-hydrogen) atoms. The number of nitrogens with one attached hydrogen (secondary N) is 4. The Morgan fingerprint density at radius 3 is 2.10 bits per heavy atom. The van der Waals surface area contributed by atoms with Gasteiger partial charge in [0.25, 0.3) is 11.8 Å². The Kier molecular flexibility index (Phi) is 8.40. The third-order valence-electron chi connectivity index (χ3n) is 8.38. The molecule has 0 heterocycles. The Hall–Kier alpha value is -3.71. The van der Waals surface area contributed by atoms with Crippen LogP contribution in [0.2, 0.25) is 0 Å². The number of aliphatic hydroxyl groups excluding tert-OH is 1. The summed E-state index contributed by atoms with van der Waals surface area (Å²) in [4.78, 5) is 36.5. The number of anilines is 1. The van der Waals surface area contributed by atoms with Crippen molar-refractivity contribution in [2.24, 2.45) is 23.2 Å². The molecule has 0 aliphatic heterocycles. The molecule has 1 unspecified atom stereocenters. The normalized spacial score (nSPS) is 23.8. The van der Waals surface area contributed by atoms with Crippen LogP contribution in [-0.2, 0) is 9.59 Å². The molecule has 2 bridgehead atoms. The number of amides is 3. The summed E-state index contributed by atoms with van der Waals surface area (Å²) >= 11 is 0. The average Bonchev–Trinajstić information content (AvgIpc) is 3.36. The highest BCUT2D eigenvalue weighted by Gasteiger charge is 2.61. The van der Waals surface area contributed by atoms with Crippen LogP contribution in [0, 0.1) is 35.0 Å². The zero-order chi connectivity index (χ0) is 28.3. The Balaban J connectivity index is 0.00000441. The van der Waals surface area contributed by atoms with Gasteiger partial charge in [0, 0.05) is 29.8 Å². The van der Waals surface area contributed by atoms with Gasteiger partial charge in [0.05, 0.1) is 12.6 Å². The lowest BCUT2D eigenvalue weighted by Gasteiger charge is -2.45. The third-order valence-corrected chi connectivity index (χ3v) is 8.38. The second kappa shape index (κ2) is 11.6. The fourth-order valence-electron chi connectivity index (χ4n) is 6.04. The summed E-state index contributed by atoms with van der Waals surface area (Å²) in [5, 5.41) is 27.2. The van der Waals surface area contributed by atoms with Gasteiger partial charge in [0.2, 0.25) is 5.91 Å². The van der Waals surface area contributed by atoms with Crippen LogP contribution in [-0.4, -0.2) is 52.8 Å². The number of aliphatic hydroxyl groups is 1. The predicted octanol–water partition coefficient (Wildman–Crippen LogP) is 2.53. The molecule has 9 heteroatoms. The zero-order valence-corrected chi connectivity index (χ0v) is 22.6. The summed E-state index contributed by atoms with van der Waals surface area (Å²) in [6.07, 6.45) is 0.0622. The minimum Gasteiger partial charge on any atom is -0.391 e.